The Bertz CT molecular complexity index is 886. The molecule has 1 aromatic heterocycles. The molecule has 25 heavy (non-hydrogen) atoms. The number of benzene rings is 2. The average molecular weight is 348 g/mol. The van der Waals surface area contributed by atoms with Gasteiger partial charge in [0.1, 0.15) is 0 Å². The smallest absolute Gasteiger partial charge is 0.253 e. The van der Waals surface area contributed by atoms with Crippen LogP contribution in [0.5, 0.6) is 0 Å². The number of thioether (sulfide) groups is 1. The lowest BCUT2D eigenvalue weighted by Crippen LogP contribution is -2.27. The van der Waals surface area contributed by atoms with Crippen LogP contribution in [0.15, 0.2) is 65.7 Å². The molecule has 2 aromatic carbocycles. The summed E-state index contributed by atoms with van der Waals surface area (Å²) in [5, 5.41) is 2.19. The first-order chi connectivity index (χ1) is 12.3. The lowest BCUT2D eigenvalue weighted by atomic mass is 10.1. The minimum absolute atomic E-state index is 0.160. The Balaban J connectivity index is 1.41. The fourth-order valence-corrected chi connectivity index (χ4v) is 3.97. The molecule has 0 bridgehead atoms. The summed E-state index contributed by atoms with van der Waals surface area (Å²) in [6.07, 6.45) is 2.25. The molecule has 1 aliphatic rings. The van der Waals surface area contributed by atoms with Gasteiger partial charge in [-0.2, -0.15) is 0 Å². The molecule has 0 N–H and O–H groups in total. The largest absolute Gasteiger partial charge is 0.339 e. The van der Waals surface area contributed by atoms with E-state index in [0.29, 0.717) is 0 Å². The van der Waals surface area contributed by atoms with Crippen molar-refractivity contribution in [2.24, 2.45) is 0 Å². The van der Waals surface area contributed by atoms with Crippen molar-refractivity contribution in [1.82, 2.24) is 9.88 Å². The summed E-state index contributed by atoms with van der Waals surface area (Å²) in [4.78, 5) is 19.0. The van der Waals surface area contributed by atoms with Gasteiger partial charge in [0, 0.05) is 29.8 Å². The highest BCUT2D eigenvalue weighted by Gasteiger charge is 2.19. The van der Waals surface area contributed by atoms with Crippen molar-refractivity contribution in [3.63, 3.8) is 0 Å². The molecule has 1 saturated heterocycles. The van der Waals surface area contributed by atoms with Crippen LogP contribution >= 0.6 is 11.8 Å². The number of carbonyl (C=O) groups excluding carboxylic acids is 1. The molecule has 0 unspecified atom stereocenters. The van der Waals surface area contributed by atoms with Gasteiger partial charge in [0.05, 0.1) is 10.5 Å². The highest BCUT2D eigenvalue weighted by Crippen LogP contribution is 2.24. The van der Waals surface area contributed by atoms with Crippen LogP contribution in [-0.4, -0.2) is 28.9 Å². The van der Waals surface area contributed by atoms with Crippen LogP contribution in [0, 0.1) is 0 Å². The van der Waals surface area contributed by atoms with E-state index < -0.39 is 0 Å². The topological polar surface area (TPSA) is 33.2 Å². The lowest BCUT2D eigenvalue weighted by Gasteiger charge is -2.15. The number of rotatable bonds is 4. The number of likely N-dealkylation sites (tertiary alicyclic amines) is 1. The zero-order valence-corrected chi connectivity index (χ0v) is 14.8. The van der Waals surface area contributed by atoms with E-state index in [2.05, 4.69) is 30.3 Å². The van der Waals surface area contributed by atoms with Gasteiger partial charge < -0.3 is 4.90 Å². The van der Waals surface area contributed by atoms with Gasteiger partial charge in [0.25, 0.3) is 5.91 Å². The molecule has 0 atom stereocenters. The Morgan fingerprint density at radius 3 is 2.52 bits per heavy atom. The van der Waals surface area contributed by atoms with Gasteiger partial charge in [-0.3, -0.25) is 4.79 Å². The number of aromatic nitrogens is 1. The quantitative estimate of drug-likeness (QED) is 0.637. The van der Waals surface area contributed by atoms with E-state index in [1.807, 2.05) is 35.2 Å². The summed E-state index contributed by atoms with van der Waals surface area (Å²) in [5.74, 6) is 1.01. The number of nitrogens with zero attached hydrogens (tertiary/aromatic N) is 2. The third-order valence-electron chi connectivity index (χ3n) is 4.55. The van der Waals surface area contributed by atoms with Crippen molar-refractivity contribution in [3.8, 4) is 0 Å². The molecule has 126 valence electrons. The Morgan fingerprint density at radius 2 is 1.72 bits per heavy atom. The van der Waals surface area contributed by atoms with Gasteiger partial charge in [-0.25, -0.2) is 4.98 Å². The molecule has 4 rings (SSSR count). The highest BCUT2D eigenvalue weighted by atomic mass is 32.2. The maximum atomic E-state index is 12.4. The van der Waals surface area contributed by atoms with E-state index in [-0.39, 0.29) is 5.91 Å². The first-order valence-electron chi connectivity index (χ1n) is 8.66. The standard InChI is InChI=1S/C21H20N2OS/c24-21(23-13-3-4-14-23)18-9-7-16(8-10-18)15-25-20-12-11-17-5-1-2-6-19(17)22-20/h1-2,5-12H,3-4,13-15H2. The summed E-state index contributed by atoms with van der Waals surface area (Å²) in [6.45, 7) is 1.79. The molecule has 4 heteroatoms. The Morgan fingerprint density at radius 1 is 0.960 bits per heavy atom. The van der Waals surface area contributed by atoms with Gasteiger partial charge in [0.2, 0.25) is 0 Å². The monoisotopic (exact) mass is 348 g/mol. The number of fused-ring (bicyclic) bond motifs is 1. The van der Waals surface area contributed by atoms with Gasteiger partial charge in [-0.1, -0.05) is 36.4 Å². The van der Waals surface area contributed by atoms with Crippen LogP contribution in [-0.2, 0) is 5.75 Å². The molecule has 3 nitrogen and oxygen atoms in total. The molecule has 1 fully saturated rings. The summed E-state index contributed by atoms with van der Waals surface area (Å²) in [6, 6.07) is 20.3. The van der Waals surface area contributed by atoms with Crippen LogP contribution in [0.4, 0.5) is 0 Å². The van der Waals surface area contributed by atoms with Gasteiger partial charge in [0.15, 0.2) is 0 Å². The van der Waals surface area contributed by atoms with Crippen LogP contribution < -0.4 is 0 Å². The van der Waals surface area contributed by atoms with Crippen molar-refractivity contribution < 1.29 is 4.79 Å². The molecule has 0 spiro atoms. The maximum Gasteiger partial charge on any atom is 0.253 e. The van der Waals surface area contributed by atoms with Gasteiger partial charge in [-0.15, -0.1) is 11.8 Å². The van der Waals surface area contributed by atoms with Crippen molar-refractivity contribution in [2.45, 2.75) is 23.6 Å². The fourth-order valence-electron chi connectivity index (χ4n) is 3.13. The molecule has 0 saturated carbocycles. The van der Waals surface area contributed by atoms with Crippen LogP contribution in [0.25, 0.3) is 10.9 Å². The zero-order valence-electron chi connectivity index (χ0n) is 14.0. The number of para-hydroxylation sites is 1. The van der Waals surface area contributed by atoms with E-state index in [0.717, 1.165) is 53.2 Å². The van der Waals surface area contributed by atoms with Crippen molar-refractivity contribution >= 4 is 28.6 Å². The molecular formula is C21H20N2OS. The number of carbonyl (C=O) groups is 1. The zero-order chi connectivity index (χ0) is 17.1. The fraction of sp³-hybridized carbons (Fsp3) is 0.238. The molecule has 2 heterocycles. The SMILES string of the molecule is O=C(c1ccc(CSc2ccc3ccccc3n2)cc1)N1CCCC1. The predicted octanol–water partition coefficient (Wildman–Crippen LogP) is 4.76. The second kappa shape index (κ2) is 7.28. The third kappa shape index (κ3) is 3.69. The van der Waals surface area contributed by atoms with E-state index in [1.165, 1.54) is 5.56 Å². The number of hydrogen-bond acceptors (Lipinski definition) is 3. The second-order valence-electron chi connectivity index (χ2n) is 6.33. The summed E-state index contributed by atoms with van der Waals surface area (Å²) in [7, 11) is 0. The number of amides is 1. The normalized spacial score (nSPS) is 14.2. The van der Waals surface area contributed by atoms with Crippen LogP contribution in [0.3, 0.4) is 0 Å². The summed E-state index contributed by atoms with van der Waals surface area (Å²) >= 11 is 1.72. The van der Waals surface area contributed by atoms with Crippen molar-refractivity contribution in [2.75, 3.05) is 13.1 Å². The van der Waals surface area contributed by atoms with Crippen LogP contribution in [0.2, 0.25) is 0 Å². The summed E-state index contributed by atoms with van der Waals surface area (Å²) < 4.78 is 0. The van der Waals surface area contributed by atoms with E-state index in [1.54, 1.807) is 11.8 Å². The predicted molar refractivity (Wildman–Crippen MR) is 103 cm³/mol. The minimum atomic E-state index is 0.160. The maximum absolute atomic E-state index is 12.4. The van der Waals surface area contributed by atoms with Gasteiger partial charge >= 0.3 is 0 Å². The highest BCUT2D eigenvalue weighted by molar-refractivity contribution is 7.98. The average Bonchev–Trinajstić information content (AvgIpc) is 3.21. The molecule has 1 amide bonds. The minimum Gasteiger partial charge on any atom is -0.339 e. The van der Waals surface area contributed by atoms with E-state index in [9.17, 15) is 4.79 Å². The van der Waals surface area contributed by atoms with E-state index in [4.69, 9.17) is 4.98 Å². The molecular weight excluding hydrogens is 328 g/mol. The first-order valence-corrected chi connectivity index (χ1v) is 9.65. The molecule has 3 aromatic rings. The van der Waals surface area contributed by atoms with Crippen LogP contribution in [0.1, 0.15) is 28.8 Å². The Labute approximate surface area is 152 Å². The van der Waals surface area contributed by atoms with Gasteiger partial charge in [-0.05, 0) is 42.7 Å². The van der Waals surface area contributed by atoms with Crippen molar-refractivity contribution in [3.05, 3.63) is 71.8 Å². The third-order valence-corrected chi connectivity index (χ3v) is 5.55. The van der Waals surface area contributed by atoms with E-state index >= 15 is 0 Å². The molecule has 1 aliphatic heterocycles. The number of hydrogen-bond donors (Lipinski definition) is 0. The first kappa shape index (κ1) is 16.2. The number of pyridine rings is 1. The van der Waals surface area contributed by atoms with Crippen molar-refractivity contribution in [1.29, 1.82) is 0 Å². The Hall–Kier alpha value is -2.33. The second-order valence-corrected chi connectivity index (χ2v) is 7.32. The molecule has 0 aliphatic carbocycles. The molecule has 0 radical (unpaired) electrons. The lowest BCUT2D eigenvalue weighted by molar-refractivity contribution is 0.0793. The Kier molecular flexibility index (Phi) is 4.70. The summed E-state index contributed by atoms with van der Waals surface area (Å²) in [5.41, 5.74) is 3.02.